The second kappa shape index (κ2) is 6.19. The van der Waals surface area contributed by atoms with Crippen LogP contribution in [0.1, 0.15) is 17.3 Å². The Bertz CT molecular complexity index is 903. The smallest absolute Gasteiger partial charge is 0.154 e. The summed E-state index contributed by atoms with van der Waals surface area (Å²) in [5, 5.41) is 12.7. The Balaban J connectivity index is 1.92. The van der Waals surface area contributed by atoms with Crippen LogP contribution in [0.2, 0.25) is 0 Å². The van der Waals surface area contributed by atoms with Crippen LogP contribution in [-0.4, -0.2) is 14.5 Å². The summed E-state index contributed by atoms with van der Waals surface area (Å²) in [6, 6.07) is 18.0. The van der Waals surface area contributed by atoms with Gasteiger partial charge in [-0.05, 0) is 31.2 Å². The average Bonchev–Trinajstić information content (AvgIpc) is 2.88. The van der Waals surface area contributed by atoms with Gasteiger partial charge in [-0.1, -0.05) is 42.0 Å². The van der Waals surface area contributed by atoms with Gasteiger partial charge < -0.3 is 9.88 Å². The van der Waals surface area contributed by atoms with Crippen molar-refractivity contribution in [2.45, 2.75) is 12.8 Å². The molecule has 0 fully saturated rings. The summed E-state index contributed by atoms with van der Waals surface area (Å²) in [5.74, 6) is 0.0574. The van der Waals surface area contributed by atoms with Crippen LogP contribution in [0.4, 0.5) is 5.69 Å². The Morgan fingerprint density at radius 2 is 1.91 bits per heavy atom. The second-order valence-electron chi connectivity index (χ2n) is 5.44. The van der Waals surface area contributed by atoms with Crippen molar-refractivity contribution in [1.29, 1.82) is 5.26 Å². The van der Waals surface area contributed by atoms with Gasteiger partial charge in [0, 0.05) is 12.7 Å². The minimum absolute atomic E-state index is 0.453. The van der Waals surface area contributed by atoms with Crippen LogP contribution in [0.15, 0.2) is 48.5 Å². The van der Waals surface area contributed by atoms with E-state index < -0.39 is 5.92 Å². The molecule has 1 atom stereocenters. The highest BCUT2D eigenvalue weighted by Crippen LogP contribution is 2.23. The minimum Gasteiger partial charge on any atom is -0.349 e. The first-order chi connectivity index (χ1) is 11.1. The number of nitrogens with one attached hydrogen (secondary N) is 1. The molecule has 0 aliphatic rings. The molecule has 1 N–H and O–H groups in total. The first-order valence-corrected chi connectivity index (χ1v) is 7.69. The SMILES string of the molecule is Cc1ccc(NC(=S)C(C#N)c2nc3ccccc3n2C)cc1. The lowest BCUT2D eigenvalue weighted by molar-refractivity contribution is 0.834. The Morgan fingerprint density at radius 1 is 1.22 bits per heavy atom. The summed E-state index contributed by atoms with van der Waals surface area (Å²) >= 11 is 5.45. The average molecular weight is 320 g/mol. The molecule has 3 aromatic rings. The monoisotopic (exact) mass is 320 g/mol. The molecule has 1 aromatic heterocycles. The van der Waals surface area contributed by atoms with Crippen LogP contribution in [0, 0.1) is 18.3 Å². The molecular formula is C18H16N4S. The molecule has 3 rings (SSSR count). The molecule has 0 radical (unpaired) electrons. The number of hydrogen-bond donors (Lipinski definition) is 1. The highest BCUT2D eigenvalue weighted by Gasteiger charge is 2.22. The van der Waals surface area contributed by atoms with E-state index >= 15 is 0 Å². The fourth-order valence-electron chi connectivity index (χ4n) is 2.51. The van der Waals surface area contributed by atoms with Gasteiger partial charge >= 0.3 is 0 Å². The van der Waals surface area contributed by atoms with Gasteiger partial charge in [0.1, 0.15) is 10.8 Å². The zero-order valence-corrected chi connectivity index (χ0v) is 13.8. The molecule has 5 heteroatoms. The zero-order valence-electron chi connectivity index (χ0n) is 12.9. The number of thiocarbonyl (C=S) groups is 1. The lowest BCUT2D eigenvalue weighted by Gasteiger charge is -2.13. The van der Waals surface area contributed by atoms with Crippen molar-refractivity contribution >= 4 is 33.9 Å². The Morgan fingerprint density at radius 3 is 2.57 bits per heavy atom. The van der Waals surface area contributed by atoms with Crippen LogP contribution in [0.3, 0.4) is 0 Å². The summed E-state index contributed by atoms with van der Waals surface area (Å²) in [6.45, 7) is 2.03. The number of nitriles is 1. The van der Waals surface area contributed by atoms with E-state index in [2.05, 4.69) is 16.4 Å². The second-order valence-corrected chi connectivity index (χ2v) is 5.87. The molecule has 0 spiro atoms. The quantitative estimate of drug-likeness (QED) is 0.743. The van der Waals surface area contributed by atoms with Crippen molar-refractivity contribution in [2.75, 3.05) is 5.32 Å². The minimum atomic E-state index is -0.594. The number of anilines is 1. The van der Waals surface area contributed by atoms with Crippen LogP contribution in [0.25, 0.3) is 11.0 Å². The first-order valence-electron chi connectivity index (χ1n) is 7.28. The van der Waals surface area contributed by atoms with Crippen molar-refractivity contribution in [2.24, 2.45) is 7.05 Å². The third-order valence-corrected chi connectivity index (χ3v) is 4.13. The van der Waals surface area contributed by atoms with E-state index in [9.17, 15) is 5.26 Å². The number of hydrogen-bond acceptors (Lipinski definition) is 3. The molecule has 23 heavy (non-hydrogen) atoms. The summed E-state index contributed by atoms with van der Waals surface area (Å²) in [7, 11) is 1.91. The van der Waals surface area contributed by atoms with E-state index in [1.165, 1.54) is 5.56 Å². The molecule has 0 amide bonds. The van der Waals surface area contributed by atoms with E-state index in [4.69, 9.17) is 12.2 Å². The zero-order chi connectivity index (χ0) is 16.4. The van der Waals surface area contributed by atoms with Gasteiger partial charge in [-0.25, -0.2) is 4.98 Å². The van der Waals surface area contributed by atoms with Crippen molar-refractivity contribution in [1.82, 2.24) is 9.55 Å². The van der Waals surface area contributed by atoms with Crippen LogP contribution in [0.5, 0.6) is 0 Å². The Hall–Kier alpha value is -2.71. The summed E-state index contributed by atoms with van der Waals surface area (Å²) in [5.41, 5.74) is 3.90. The van der Waals surface area contributed by atoms with Crippen LogP contribution >= 0.6 is 12.2 Å². The van der Waals surface area contributed by atoms with Gasteiger partial charge in [-0.2, -0.15) is 5.26 Å². The largest absolute Gasteiger partial charge is 0.349 e. The number of imidazole rings is 1. The van der Waals surface area contributed by atoms with E-state index in [0.29, 0.717) is 10.8 Å². The Labute approximate surface area is 140 Å². The lowest BCUT2D eigenvalue weighted by atomic mass is 10.1. The molecule has 0 bridgehead atoms. The van der Waals surface area contributed by atoms with Crippen molar-refractivity contribution in [3.05, 3.63) is 59.9 Å². The maximum atomic E-state index is 9.59. The number of benzene rings is 2. The van der Waals surface area contributed by atoms with Gasteiger partial charge in [0.2, 0.25) is 0 Å². The molecule has 0 aliphatic carbocycles. The fraction of sp³-hybridized carbons (Fsp3) is 0.167. The fourth-order valence-corrected chi connectivity index (χ4v) is 2.78. The lowest BCUT2D eigenvalue weighted by Crippen LogP contribution is -2.20. The highest BCUT2D eigenvalue weighted by atomic mass is 32.1. The number of rotatable bonds is 3. The van der Waals surface area contributed by atoms with Gasteiger partial charge in [-0.3, -0.25) is 0 Å². The Kier molecular flexibility index (Phi) is 4.09. The van der Waals surface area contributed by atoms with Gasteiger partial charge in [0.15, 0.2) is 5.92 Å². The number of fused-ring (bicyclic) bond motifs is 1. The molecule has 2 aromatic carbocycles. The molecule has 0 aliphatic heterocycles. The van der Waals surface area contributed by atoms with Crippen molar-refractivity contribution in [3.8, 4) is 6.07 Å². The molecule has 4 nitrogen and oxygen atoms in total. The van der Waals surface area contributed by atoms with Crippen molar-refractivity contribution in [3.63, 3.8) is 0 Å². The maximum absolute atomic E-state index is 9.59. The standard InChI is InChI=1S/C18H16N4S/c1-12-7-9-13(10-8-12)20-18(23)14(11-19)17-21-15-5-3-4-6-16(15)22(17)2/h3-10,14H,1-2H3,(H,20,23). The molecule has 0 saturated carbocycles. The number of aromatic nitrogens is 2. The van der Waals surface area contributed by atoms with Crippen LogP contribution < -0.4 is 5.32 Å². The highest BCUT2D eigenvalue weighted by molar-refractivity contribution is 7.80. The summed E-state index contributed by atoms with van der Waals surface area (Å²) < 4.78 is 1.92. The molecule has 1 unspecified atom stereocenters. The third kappa shape index (κ3) is 2.94. The number of para-hydroxylation sites is 2. The molecule has 1 heterocycles. The summed E-state index contributed by atoms with van der Waals surface area (Å²) in [6.07, 6.45) is 0. The van der Waals surface area contributed by atoms with Crippen LogP contribution in [-0.2, 0) is 7.05 Å². The predicted octanol–water partition coefficient (Wildman–Crippen LogP) is 3.93. The first kappa shape index (κ1) is 15.2. The molecular weight excluding hydrogens is 304 g/mol. The van der Waals surface area contributed by atoms with E-state index in [0.717, 1.165) is 16.7 Å². The van der Waals surface area contributed by atoms with Gasteiger partial charge in [-0.15, -0.1) is 0 Å². The normalized spacial score (nSPS) is 11.9. The third-order valence-electron chi connectivity index (χ3n) is 3.79. The number of nitrogens with zero attached hydrogens (tertiary/aromatic N) is 3. The molecule has 0 saturated heterocycles. The molecule has 114 valence electrons. The summed E-state index contributed by atoms with van der Waals surface area (Å²) in [4.78, 5) is 5.03. The van der Waals surface area contributed by atoms with E-state index in [1.807, 2.05) is 67.1 Å². The van der Waals surface area contributed by atoms with Gasteiger partial charge in [0.05, 0.1) is 17.1 Å². The van der Waals surface area contributed by atoms with E-state index in [-0.39, 0.29) is 0 Å². The topological polar surface area (TPSA) is 53.6 Å². The van der Waals surface area contributed by atoms with E-state index in [1.54, 1.807) is 0 Å². The van der Waals surface area contributed by atoms with Crippen molar-refractivity contribution < 1.29 is 0 Å². The maximum Gasteiger partial charge on any atom is 0.154 e. The number of aryl methyl sites for hydroxylation is 2. The van der Waals surface area contributed by atoms with Gasteiger partial charge in [0.25, 0.3) is 0 Å². The predicted molar refractivity (Wildman–Crippen MR) is 96.5 cm³/mol.